The fourth-order valence-corrected chi connectivity index (χ4v) is 1.79. The van der Waals surface area contributed by atoms with Gasteiger partial charge in [-0.15, -0.1) is 0 Å². The molecule has 0 atom stereocenters. The number of anilines is 2. The highest BCUT2D eigenvalue weighted by atomic mass is 15.0. The maximum atomic E-state index is 4.35. The summed E-state index contributed by atoms with van der Waals surface area (Å²) in [6, 6.07) is 14.5. The van der Waals surface area contributed by atoms with E-state index in [-0.39, 0.29) is 0 Å². The predicted octanol–water partition coefficient (Wildman–Crippen LogP) is 3.17. The highest BCUT2D eigenvalue weighted by molar-refractivity contribution is 5.47. The van der Waals surface area contributed by atoms with Crippen molar-refractivity contribution in [1.29, 1.82) is 0 Å². The Balaban J connectivity index is 1.80. The summed E-state index contributed by atoms with van der Waals surface area (Å²) in [5.41, 5.74) is 2.40. The predicted molar refractivity (Wildman–Crippen MR) is 77.0 cm³/mol. The van der Waals surface area contributed by atoms with Crippen molar-refractivity contribution in [2.24, 2.45) is 0 Å². The number of nitrogens with one attached hydrogen (secondary N) is 2. The first-order valence-electron chi connectivity index (χ1n) is 6.36. The molecule has 3 nitrogen and oxygen atoms in total. The van der Waals surface area contributed by atoms with Crippen LogP contribution in [0, 0.1) is 0 Å². The fraction of sp³-hybridized carbons (Fsp3) is 0.267. The zero-order chi connectivity index (χ0) is 12.6. The zero-order valence-electron chi connectivity index (χ0n) is 10.7. The van der Waals surface area contributed by atoms with E-state index in [1.54, 1.807) is 0 Å². The summed E-state index contributed by atoms with van der Waals surface area (Å²) in [6.45, 7) is 3.89. The highest BCUT2D eigenvalue weighted by Gasteiger charge is 1.95. The Morgan fingerprint density at radius 3 is 2.50 bits per heavy atom. The van der Waals surface area contributed by atoms with E-state index in [4.69, 9.17) is 0 Å². The molecular formula is C15H19N3. The van der Waals surface area contributed by atoms with E-state index in [0.717, 1.165) is 31.0 Å². The van der Waals surface area contributed by atoms with Gasteiger partial charge in [-0.1, -0.05) is 30.3 Å². The van der Waals surface area contributed by atoms with Crippen LogP contribution >= 0.6 is 0 Å². The fourth-order valence-electron chi connectivity index (χ4n) is 1.79. The smallest absolute Gasteiger partial charge is 0.126 e. The summed E-state index contributed by atoms with van der Waals surface area (Å²) in [6.07, 6.45) is 2.87. The van der Waals surface area contributed by atoms with Crippen LogP contribution in [0.1, 0.15) is 12.5 Å². The molecule has 0 aliphatic carbocycles. The second-order valence-corrected chi connectivity index (χ2v) is 4.12. The lowest BCUT2D eigenvalue weighted by Crippen LogP contribution is -2.06. The quantitative estimate of drug-likeness (QED) is 0.815. The van der Waals surface area contributed by atoms with Crippen LogP contribution in [0.3, 0.4) is 0 Å². The first kappa shape index (κ1) is 12.4. The highest BCUT2D eigenvalue weighted by Crippen LogP contribution is 2.09. The van der Waals surface area contributed by atoms with E-state index >= 15 is 0 Å². The van der Waals surface area contributed by atoms with Gasteiger partial charge in [0.15, 0.2) is 0 Å². The lowest BCUT2D eigenvalue weighted by atomic mass is 10.1. The van der Waals surface area contributed by atoms with E-state index in [2.05, 4.69) is 46.8 Å². The van der Waals surface area contributed by atoms with Crippen molar-refractivity contribution >= 4 is 11.5 Å². The summed E-state index contributed by atoms with van der Waals surface area (Å²) in [7, 11) is 0. The van der Waals surface area contributed by atoms with E-state index < -0.39 is 0 Å². The van der Waals surface area contributed by atoms with Crippen LogP contribution in [-0.4, -0.2) is 18.1 Å². The monoisotopic (exact) mass is 241 g/mol. The largest absolute Gasteiger partial charge is 0.384 e. The molecule has 18 heavy (non-hydrogen) atoms. The normalized spacial score (nSPS) is 10.1. The molecule has 0 radical (unpaired) electrons. The van der Waals surface area contributed by atoms with Crippen LogP contribution in [0.4, 0.5) is 11.5 Å². The average molecular weight is 241 g/mol. The summed E-state index contributed by atoms with van der Waals surface area (Å²) < 4.78 is 0. The van der Waals surface area contributed by atoms with Gasteiger partial charge in [-0.05, 0) is 31.0 Å². The van der Waals surface area contributed by atoms with Gasteiger partial charge in [0.1, 0.15) is 5.82 Å². The van der Waals surface area contributed by atoms with Gasteiger partial charge >= 0.3 is 0 Å². The Bertz CT molecular complexity index is 451. The molecule has 0 spiro atoms. The van der Waals surface area contributed by atoms with Gasteiger partial charge in [-0.2, -0.15) is 0 Å². The van der Waals surface area contributed by atoms with Crippen LogP contribution in [0.2, 0.25) is 0 Å². The second-order valence-electron chi connectivity index (χ2n) is 4.12. The maximum absolute atomic E-state index is 4.35. The van der Waals surface area contributed by atoms with Crippen LogP contribution in [0.25, 0.3) is 0 Å². The molecule has 0 aliphatic rings. The zero-order valence-corrected chi connectivity index (χ0v) is 10.7. The molecule has 0 unspecified atom stereocenters. The van der Waals surface area contributed by atoms with Gasteiger partial charge in [-0.25, -0.2) is 4.98 Å². The summed E-state index contributed by atoms with van der Waals surface area (Å²) in [5, 5.41) is 6.55. The standard InChI is InChI=1S/C15H19N3/c1-2-16-14-8-9-15(18-12-14)17-11-10-13-6-4-3-5-7-13/h3-9,12,16H,2,10-11H2,1H3,(H,17,18). The first-order chi connectivity index (χ1) is 8.88. The summed E-state index contributed by atoms with van der Waals surface area (Å²) in [5.74, 6) is 0.924. The number of hydrogen-bond acceptors (Lipinski definition) is 3. The molecule has 3 heteroatoms. The molecule has 0 aliphatic heterocycles. The third-order valence-electron chi connectivity index (χ3n) is 2.71. The molecule has 2 rings (SSSR count). The summed E-state index contributed by atoms with van der Waals surface area (Å²) >= 11 is 0. The first-order valence-corrected chi connectivity index (χ1v) is 6.36. The number of rotatable bonds is 6. The van der Waals surface area contributed by atoms with Crippen molar-refractivity contribution in [2.75, 3.05) is 23.7 Å². The van der Waals surface area contributed by atoms with Gasteiger partial charge in [0.2, 0.25) is 0 Å². The van der Waals surface area contributed by atoms with Gasteiger partial charge in [-0.3, -0.25) is 0 Å². The third kappa shape index (κ3) is 3.77. The number of benzene rings is 1. The van der Waals surface area contributed by atoms with Gasteiger partial charge in [0.25, 0.3) is 0 Å². The molecule has 94 valence electrons. The minimum atomic E-state index is 0.900. The lowest BCUT2D eigenvalue weighted by Gasteiger charge is -2.07. The van der Waals surface area contributed by atoms with Crippen molar-refractivity contribution in [1.82, 2.24) is 4.98 Å². The SMILES string of the molecule is CCNc1ccc(NCCc2ccccc2)nc1. The average Bonchev–Trinajstić information content (AvgIpc) is 2.42. The topological polar surface area (TPSA) is 37.0 Å². The van der Waals surface area contributed by atoms with Gasteiger partial charge in [0.05, 0.1) is 11.9 Å². The molecule has 0 amide bonds. The Morgan fingerprint density at radius 1 is 1.00 bits per heavy atom. The Hall–Kier alpha value is -2.03. The molecule has 1 aromatic carbocycles. The molecule has 2 aromatic rings. The molecule has 2 N–H and O–H groups in total. The maximum Gasteiger partial charge on any atom is 0.126 e. The number of pyridine rings is 1. The van der Waals surface area contributed by atoms with Crippen LogP contribution in [0.15, 0.2) is 48.7 Å². The number of aromatic nitrogens is 1. The Kier molecular flexibility index (Phi) is 4.59. The van der Waals surface area contributed by atoms with Crippen LogP contribution < -0.4 is 10.6 Å². The lowest BCUT2D eigenvalue weighted by molar-refractivity contribution is 1.01. The number of nitrogens with zero attached hydrogens (tertiary/aromatic N) is 1. The van der Waals surface area contributed by atoms with Crippen molar-refractivity contribution in [3.63, 3.8) is 0 Å². The minimum Gasteiger partial charge on any atom is -0.384 e. The minimum absolute atomic E-state index is 0.900. The summed E-state index contributed by atoms with van der Waals surface area (Å²) in [4.78, 5) is 4.35. The molecule has 0 bridgehead atoms. The third-order valence-corrected chi connectivity index (χ3v) is 2.71. The van der Waals surface area contributed by atoms with E-state index in [1.165, 1.54) is 5.56 Å². The van der Waals surface area contributed by atoms with Crippen molar-refractivity contribution in [2.45, 2.75) is 13.3 Å². The number of hydrogen-bond donors (Lipinski definition) is 2. The molecule has 1 heterocycles. The van der Waals surface area contributed by atoms with Crippen molar-refractivity contribution in [3.05, 3.63) is 54.2 Å². The van der Waals surface area contributed by atoms with Gasteiger partial charge in [0, 0.05) is 13.1 Å². The molecular weight excluding hydrogens is 222 g/mol. The van der Waals surface area contributed by atoms with Crippen molar-refractivity contribution < 1.29 is 0 Å². The van der Waals surface area contributed by atoms with E-state index in [0.29, 0.717) is 0 Å². The van der Waals surface area contributed by atoms with Crippen LogP contribution in [0.5, 0.6) is 0 Å². The van der Waals surface area contributed by atoms with Gasteiger partial charge < -0.3 is 10.6 Å². The van der Waals surface area contributed by atoms with E-state index in [1.807, 2.05) is 24.4 Å². The molecule has 0 saturated heterocycles. The molecule has 0 saturated carbocycles. The molecule has 1 aromatic heterocycles. The second kappa shape index (κ2) is 6.64. The Morgan fingerprint density at radius 2 is 1.83 bits per heavy atom. The van der Waals surface area contributed by atoms with Crippen LogP contribution in [-0.2, 0) is 6.42 Å². The Labute approximate surface area is 108 Å². The van der Waals surface area contributed by atoms with E-state index in [9.17, 15) is 0 Å². The van der Waals surface area contributed by atoms with Crippen molar-refractivity contribution in [3.8, 4) is 0 Å². The molecule has 0 fully saturated rings.